The van der Waals surface area contributed by atoms with E-state index in [1.807, 2.05) is 0 Å². The maximum absolute atomic E-state index is 4.81. The zero-order valence-corrected chi connectivity index (χ0v) is 3.81. The van der Waals surface area contributed by atoms with Crippen LogP contribution in [0.15, 0.2) is 17.9 Å². The van der Waals surface area contributed by atoms with Crippen molar-refractivity contribution in [2.45, 2.75) is 0 Å². The summed E-state index contributed by atoms with van der Waals surface area (Å²) < 4.78 is 0. The highest BCUT2D eigenvalue weighted by atomic mass is 13.5. The van der Waals surface area contributed by atoms with Crippen LogP contribution in [0.25, 0.3) is 0 Å². The van der Waals surface area contributed by atoms with Gasteiger partial charge in [0.25, 0.3) is 0 Å². The molecule has 0 rings (SSSR count). The van der Waals surface area contributed by atoms with Gasteiger partial charge in [0.2, 0.25) is 0 Å². The third-order valence-corrected chi connectivity index (χ3v) is 0.333. The van der Waals surface area contributed by atoms with Crippen LogP contribution in [0, 0.1) is 24.7 Å². The fraction of sp³-hybridized carbons (Fsp3) is 0. The summed E-state index contributed by atoms with van der Waals surface area (Å²) in [5.41, 5.74) is 2.56. The molecule has 0 aliphatic carbocycles. The van der Waals surface area contributed by atoms with Crippen molar-refractivity contribution >= 4 is 0 Å². The molecule has 0 fully saturated rings. The lowest BCUT2D eigenvalue weighted by atomic mass is 10.5. The predicted molar refractivity (Wildman–Crippen MR) is 30.3 cm³/mol. The smallest absolute Gasteiger partial charge is 0.0306 e. The molecule has 0 saturated carbocycles. The summed E-state index contributed by atoms with van der Waals surface area (Å²) in [6.07, 6.45) is 12.5. The Kier molecular flexibility index (Phi) is 3.74. The van der Waals surface area contributed by atoms with E-state index in [9.17, 15) is 0 Å². The van der Waals surface area contributed by atoms with Crippen molar-refractivity contribution in [1.29, 1.82) is 0 Å². The Bertz CT molecular complexity index is 147. The summed E-state index contributed by atoms with van der Waals surface area (Å²) in [5.74, 6) is 4.48. The third kappa shape index (κ3) is 4.64. The maximum Gasteiger partial charge on any atom is 0.0306 e. The Morgan fingerprint density at radius 3 is 1.71 bits per heavy atom. The molecule has 0 N–H and O–H groups in total. The zero-order valence-electron chi connectivity index (χ0n) is 3.81. The first kappa shape index (κ1) is 5.64. The highest BCUT2D eigenvalue weighted by molar-refractivity contribution is 5.14. The average molecular weight is 88.1 g/mol. The van der Waals surface area contributed by atoms with Gasteiger partial charge in [0.05, 0.1) is 0 Å². The molecule has 0 heterocycles. The van der Waals surface area contributed by atoms with Crippen LogP contribution in [0.4, 0.5) is 0 Å². The van der Waals surface area contributed by atoms with Gasteiger partial charge < -0.3 is 0 Å². The molecule has 0 aromatic carbocycles. The molecule has 0 nitrogen and oxygen atoms in total. The van der Waals surface area contributed by atoms with Gasteiger partial charge in [-0.15, -0.1) is 18.6 Å². The monoisotopic (exact) mass is 88.0 g/mol. The lowest BCUT2D eigenvalue weighted by Crippen LogP contribution is -1.38. The van der Waals surface area contributed by atoms with Crippen LogP contribution in [0.1, 0.15) is 0 Å². The normalized spacial score (nSPS) is 4.29. The summed E-state index contributed by atoms with van der Waals surface area (Å²) in [7, 11) is 0. The summed E-state index contributed by atoms with van der Waals surface area (Å²) in [5, 5.41) is 0. The first-order valence-electron chi connectivity index (χ1n) is 1.73. The van der Waals surface area contributed by atoms with Gasteiger partial charge >= 0.3 is 0 Å². The van der Waals surface area contributed by atoms with E-state index >= 15 is 0 Å². The largest absolute Gasteiger partial charge is 0.115 e. The molecule has 32 valence electrons. The fourth-order valence-electron chi connectivity index (χ4n) is 0.138. The van der Waals surface area contributed by atoms with Crippen LogP contribution in [0.3, 0.4) is 0 Å². The molecule has 0 aromatic rings. The Morgan fingerprint density at radius 2 is 1.43 bits per heavy atom. The second-order valence-electron chi connectivity index (χ2n) is 0.789. The van der Waals surface area contributed by atoms with Crippen LogP contribution in [-0.4, -0.2) is 0 Å². The molecular formula is C7H4. The minimum absolute atomic E-state index is 1.42. The van der Waals surface area contributed by atoms with Crippen molar-refractivity contribution in [2.75, 3.05) is 0 Å². The standard InChI is InChI=1S/C7H4/c1-3-5-7-6-4-2/h1-2,5-6H. The lowest BCUT2D eigenvalue weighted by Gasteiger charge is -1.51. The van der Waals surface area contributed by atoms with E-state index in [0.29, 0.717) is 0 Å². The highest BCUT2D eigenvalue weighted by Gasteiger charge is 1.45. The van der Waals surface area contributed by atoms with Crippen LogP contribution < -0.4 is 0 Å². The second kappa shape index (κ2) is 4.64. The molecule has 7 heavy (non-hydrogen) atoms. The van der Waals surface area contributed by atoms with Crippen molar-refractivity contribution < 1.29 is 0 Å². The fourth-order valence-corrected chi connectivity index (χ4v) is 0.138. The molecule has 0 aromatic heterocycles. The second-order valence-corrected chi connectivity index (χ2v) is 0.789. The van der Waals surface area contributed by atoms with Gasteiger partial charge in [-0.1, -0.05) is 11.8 Å². The molecule has 0 amide bonds. The molecule has 0 atom stereocenters. The maximum atomic E-state index is 4.81. The molecule has 0 spiro atoms. The topological polar surface area (TPSA) is 0 Å². The van der Waals surface area contributed by atoms with Gasteiger partial charge in [0.1, 0.15) is 0 Å². The number of rotatable bonds is 0. The van der Waals surface area contributed by atoms with E-state index in [4.69, 9.17) is 12.8 Å². The van der Waals surface area contributed by atoms with Gasteiger partial charge in [-0.05, 0) is 0 Å². The molecule has 0 aliphatic heterocycles. The van der Waals surface area contributed by atoms with E-state index in [2.05, 4.69) is 17.6 Å². The molecule has 0 aliphatic rings. The van der Waals surface area contributed by atoms with E-state index in [1.165, 1.54) is 12.2 Å². The van der Waals surface area contributed by atoms with Gasteiger partial charge in [0.15, 0.2) is 0 Å². The van der Waals surface area contributed by atoms with Crippen molar-refractivity contribution in [3.8, 4) is 24.7 Å². The summed E-state index contributed by atoms with van der Waals surface area (Å²) >= 11 is 0. The van der Waals surface area contributed by atoms with Gasteiger partial charge in [-0.3, -0.25) is 0 Å². The van der Waals surface area contributed by atoms with E-state index in [0.717, 1.165) is 0 Å². The summed E-state index contributed by atoms with van der Waals surface area (Å²) in [6.45, 7) is 0. The number of hydrogen-bond acceptors (Lipinski definition) is 0. The number of allylic oxidation sites excluding steroid dienone is 1. The summed E-state index contributed by atoms with van der Waals surface area (Å²) in [4.78, 5) is 0. The SMILES string of the molecule is C#CC=C=CC#C. The van der Waals surface area contributed by atoms with Gasteiger partial charge in [-0.25, -0.2) is 0 Å². The van der Waals surface area contributed by atoms with Gasteiger partial charge in [-0.2, -0.15) is 0 Å². The van der Waals surface area contributed by atoms with E-state index in [1.54, 1.807) is 0 Å². The Balaban J connectivity index is 3.78. The third-order valence-electron chi connectivity index (χ3n) is 0.333. The molecule has 0 bridgehead atoms. The van der Waals surface area contributed by atoms with E-state index in [-0.39, 0.29) is 0 Å². The van der Waals surface area contributed by atoms with Crippen LogP contribution in [0.2, 0.25) is 0 Å². The molecule has 0 heteroatoms. The number of terminal acetylenes is 2. The van der Waals surface area contributed by atoms with Gasteiger partial charge in [0, 0.05) is 12.2 Å². The van der Waals surface area contributed by atoms with Crippen molar-refractivity contribution in [1.82, 2.24) is 0 Å². The molecule has 0 radical (unpaired) electrons. The quantitative estimate of drug-likeness (QED) is 0.305. The Morgan fingerprint density at radius 1 is 1.00 bits per heavy atom. The van der Waals surface area contributed by atoms with Crippen LogP contribution in [0.5, 0.6) is 0 Å². The van der Waals surface area contributed by atoms with Crippen molar-refractivity contribution in [2.24, 2.45) is 0 Å². The Hall–Kier alpha value is -1.36. The van der Waals surface area contributed by atoms with Crippen molar-refractivity contribution in [3.63, 3.8) is 0 Å². The molecular weight excluding hydrogens is 84.1 g/mol. The van der Waals surface area contributed by atoms with Crippen LogP contribution in [-0.2, 0) is 0 Å². The van der Waals surface area contributed by atoms with Crippen molar-refractivity contribution in [3.05, 3.63) is 17.9 Å². The Labute approximate surface area is 43.5 Å². The summed E-state index contributed by atoms with van der Waals surface area (Å²) in [6, 6.07) is 0. The number of hydrogen-bond donors (Lipinski definition) is 0. The molecule has 0 unspecified atom stereocenters. The lowest BCUT2D eigenvalue weighted by molar-refractivity contribution is 2.14. The minimum Gasteiger partial charge on any atom is -0.115 e. The predicted octanol–water partition coefficient (Wildman–Crippen LogP) is 0.964. The van der Waals surface area contributed by atoms with Crippen LogP contribution >= 0.6 is 0 Å². The average Bonchev–Trinajstić information content (AvgIpc) is 1.69. The minimum atomic E-state index is 1.42. The molecule has 0 saturated heterocycles. The zero-order chi connectivity index (χ0) is 5.54. The highest BCUT2D eigenvalue weighted by Crippen LogP contribution is 1.59. The first-order chi connectivity index (χ1) is 3.41. The van der Waals surface area contributed by atoms with E-state index < -0.39 is 0 Å². The first-order valence-corrected chi connectivity index (χ1v) is 1.73.